The van der Waals surface area contributed by atoms with Gasteiger partial charge in [-0.1, -0.05) is 0 Å². The van der Waals surface area contributed by atoms with Crippen molar-refractivity contribution < 1.29 is 4.79 Å². The van der Waals surface area contributed by atoms with Crippen molar-refractivity contribution in [2.24, 2.45) is 11.3 Å². The first-order valence-electron chi connectivity index (χ1n) is 7.63. The fourth-order valence-electron chi connectivity index (χ4n) is 3.01. The molecule has 0 saturated heterocycles. The molecular formula is C16H23N3O. The molecule has 2 saturated carbocycles. The Balaban J connectivity index is 1.67. The summed E-state index contributed by atoms with van der Waals surface area (Å²) in [6, 6.07) is 1.94. The molecule has 0 radical (unpaired) electrons. The Morgan fingerprint density at radius 1 is 1.45 bits per heavy atom. The maximum atomic E-state index is 12.4. The number of nitrogens with zero attached hydrogens (tertiary/aromatic N) is 1. The minimum atomic E-state index is 0.000347. The highest BCUT2D eigenvalue weighted by Crippen LogP contribution is 2.60. The summed E-state index contributed by atoms with van der Waals surface area (Å²) < 4.78 is 0. The van der Waals surface area contributed by atoms with Crippen LogP contribution in [0.1, 0.15) is 48.7 Å². The fourth-order valence-corrected chi connectivity index (χ4v) is 3.01. The number of aromatic nitrogens is 1. The summed E-state index contributed by atoms with van der Waals surface area (Å²) in [5.74, 6) is 0.868. The second kappa shape index (κ2) is 5.08. The molecule has 1 aromatic rings. The zero-order valence-electron chi connectivity index (χ0n) is 12.3. The summed E-state index contributed by atoms with van der Waals surface area (Å²) in [4.78, 5) is 16.6. The van der Waals surface area contributed by atoms with E-state index in [-0.39, 0.29) is 5.91 Å². The van der Waals surface area contributed by atoms with Gasteiger partial charge in [0.2, 0.25) is 0 Å². The van der Waals surface area contributed by atoms with Gasteiger partial charge in [0.1, 0.15) is 0 Å². The average Bonchev–Trinajstić information content (AvgIpc) is 3.28. The van der Waals surface area contributed by atoms with Crippen LogP contribution in [0.3, 0.4) is 0 Å². The van der Waals surface area contributed by atoms with E-state index in [4.69, 9.17) is 0 Å². The van der Waals surface area contributed by atoms with Crippen LogP contribution in [0.4, 0.5) is 5.69 Å². The molecule has 2 aliphatic carbocycles. The Morgan fingerprint density at radius 3 is 2.80 bits per heavy atom. The van der Waals surface area contributed by atoms with Crippen LogP contribution in [0.5, 0.6) is 0 Å². The number of hydrogen-bond donors (Lipinski definition) is 2. The van der Waals surface area contributed by atoms with Crippen molar-refractivity contribution in [1.82, 2.24) is 10.3 Å². The second-order valence-corrected chi connectivity index (χ2v) is 6.22. The lowest BCUT2D eigenvalue weighted by Gasteiger charge is -2.16. The molecule has 0 unspecified atom stereocenters. The summed E-state index contributed by atoms with van der Waals surface area (Å²) in [5, 5.41) is 6.37. The van der Waals surface area contributed by atoms with Crippen LogP contribution in [0.2, 0.25) is 0 Å². The van der Waals surface area contributed by atoms with Gasteiger partial charge < -0.3 is 10.6 Å². The van der Waals surface area contributed by atoms with Gasteiger partial charge in [0.05, 0.1) is 11.3 Å². The first kappa shape index (κ1) is 13.4. The molecule has 4 heteroatoms. The Labute approximate surface area is 120 Å². The van der Waals surface area contributed by atoms with E-state index in [1.54, 1.807) is 6.20 Å². The SMILES string of the molecule is CCNc1cc(C)ncc1C(=O)NCC1(C2CC2)CC1. The maximum Gasteiger partial charge on any atom is 0.254 e. The van der Waals surface area contributed by atoms with E-state index in [1.807, 2.05) is 19.9 Å². The van der Waals surface area contributed by atoms with Crippen molar-refractivity contribution in [3.8, 4) is 0 Å². The number of amides is 1. The molecule has 1 amide bonds. The maximum absolute atomic E-state index is 12.4. The van der Waals surface area contributed by atoms with Crippen LogP contribution in [0.25, 0.3) is 0 Å². The average molecular weight is 273 g/mol. The monoisotopic (exact) mass is 273 g/mol. The summed E-state index contributed by atoms with van der Waals surface area (Å²) in [5.41, 5.74) is 2.90. The number of carbonyl (C=O) groups excluding carboxylic acids is 1. The van der Waals surface area contributed by atoms with Crippen molar-refractivity contribution in [1.29, 1.82) is 0 Å². The highest BCUT2D eigenvalue weighted by molar-refractivity contribution is 5.99. The van der Waals surface area contributed by atoms with Crippen LogP contribution in [0.15, 0.2) is 12.3 Å². The number of anilines is 1. The van der Waals surface area contributed by atoms with Crippen LogP contribution in [-0.2, 0) is 0 Å². The van der Waals surface area contributed by atoms with Crippen LogP contribution in [0, 0.1) is 18.3 Å². The lowest BCUT2D eigenvalue weighted by molar-refractivity contribution is 0.0943. The molecule has 1 heterocycles. The number of carbonyl (C=O) groups is 1. The first-order chi connectivity index (χ1) is 9.64. The zero-order chi connectivity index (χ0) is 14.2. The Bertz CT molecular complexity index is 518. The van der Waals surface area contributed by atoms with Crippen molar-refractivity contribution in [3.05, 3.63) is 23.5 Å². The van der Waals surface area contributed by atoms with Crippen molar-refractivity contribution >= 4 is 11.6 Å². The lowest BCUT2D eigenvalue weighted by atomic mass is 10.0. The van der Waals surface area contributed by atoms with Crippen molar-refractivity contribution in [3.63, 3.8) is 0 Å². The van der Waals surface area contributed by atoms with Crippen molar-refractivity contribution in [2.45, 2.75) is 39.5 Å². The van der Waals surface area contributed by atoms with E-state index in [0.717, 1.165) is 30.4 Å². The van der Waals surface area contributed by atoms with Crippen molar-refractivity contribution in [2.75, 3.05) is 18.4 Å². The summed E-state index contributed by atoms with van der Waals surface area (Å²) in [6.07, 6.45) is 6.95. The largest absolute Gasteiger partial charge is 0.385 e. The van der Waals surface area contributed by atoms with Gasteiger partial charge in [-0.05, 0) is 56.9 Å². The van der Waals surface area contributed by atoms with Crippen LogP contribution in [-0.4, -0.2) is 24.0 Å². The number of aryl methyl sites for hydroxylation is 1. The fraction of sp³-hybridized carbons (Fsp3) is 0.625. The Morgan fingerprint density at radius 2 is 2.20 bits per heavy atom. The summed E-state index contributed by atoms with van der Waals surface area (Å²) >= 11 is 0. The van der Waals surface area contributed by atoms with Gasteiger partial charge in [-0.3, -0.25) is 9.78 Å². The van der Waals surface area contributed by atoms with Crippen LogP contribution >= 0.6 is 0 Å². The minimum absolute atomic E-state index is 0.000347. The molecule has 2 N–H and O–H groups in total. The molecule has 2 fully saturated rings. The smallest absolute Gasteiger partial charge is 0.254 e. The van der Waals surface area contributed by atoms with E-state index in [0.29, 0.717) is 11.0 Å². The minimum Gasteiger partial charge on any atom is -0.385 e. The summed E-state index contributed by atoms with van der Waals surface area (Å²) in [6.45, 7) is 5.60. The highest BCUT2D eigenvalue weighted by atomic mass is 16.1. The predicted octanol–water partition coefficient (Wildman–Crippen LogP) is 2.74. The van der Waals surface area contributed by atoms with Gasteiger partial charge in [-0.2, -0.15) is 0 Å². The summed E-state index contributed by atoms with van der Waals surface area (Å²) in [7, 11) is 0. The third-order valence-corrected chi connectivity index (χ3v) is 4.59. The highest BCUT2D eigenvalue weighted by Gasteiger charge is 2.53. The second-order valence-electron chi connectivity index (χ2n) is 6.22. The first-order valence-corrected chi connectivity index (χ1v) is 7.63. The molecule has 3 rings (SSSR count). The molecule has 20 heavy (non-hydrogen) atoms. The van der Waals surface area contributed by atoms with Gasteiger partial charge in [-0.25, -0.2) is 0 Å². The molecule has 0 spiro atoms. The van der Waals surface area contributed by atoms with Gasteiger partial charge in [0.15, 0.2) is 0 Å². The van der Waals surface area contributed by atoms with E-state index in [9.17, 15) is 4.79 Å². The quantitative estimate of drug-likeness (QED) is 0.838. The van der Waals surface area contributed by atoms with E-state index in [1.165, 1.54) is 25.7 Å². The number of hydrogen-bond acceptors (Lipinski definition) is 3. The van der Waals surface area contributed by atoms with E-state index >= 15 is 0 Å². The number of nitrogens with one attached hydrogen (secondary N) is 2. The number of pyridine rings is 1. The lowest BCUT2D eigenvalue weighted by Crippen LogP contribution is -2.31. The molecule has 0 bridgehead atoms. The van der Waals surface area contributed by atoms with Gasteiger partial charge in [0.25, 0.3) is 5.91 Å². The third-order valence-electron chi connectivity index (χ3n) is 4.59. The standard InChI is InChI=1S/C16H23N3O/c1-3-17-14-8-11(2)18-9-13(14)15(20)19-10-16(6-7-16)12-4-5-12/h8-9,12H,3-7,10H2,1-2H3,(H,17,18)(H,19,20). The molecule has 108 valence electrons. The third kappa shape index (κ3) is 2.65. The Kier molecular flexibility index (Phi) is 3.40. The van der Waals surface area contributed by atoms with Gasteiger partial charge >= 0.3 is 0 Å². The number of rotatable bonds is 6. The molecule has 0 aliphatic heterocycles. The molecule has 1 aromatic heterocycles. The zero-order valence-corrected chi connectivity index (χ0v) is 12.3. The van der Waals surface area contributed by atoms with Gasteiger partial charge in [0, 0.05) is 25.0 Å². The topological polar surface area (TPSA) is 54.0 Å². The molecule has 0 atom stereocenters. The molecular weight excluding hydrogens is 250 g/mol. The predicted molar refractivity (Wildman–Crippen MR) is 79.9 cm³/mol. The molecule has 0 aromatic carbocycles. The molecule has 2 aliphatic rings. The normalized spacial score (nSPS) is 19.5. The van der Waals surface area contributed by atoms with E-state index < -0.39 is 0 Å². The Hall–Kier alpha value is -1.58. The van der Waals surface area contributed by atoms with E-state index in [2.05, 4.69) is 15.6 Å². The van der Waals surface area contributed by atoms with Crippen LogP contribution < -0.4 is 10.6 Å². The van der Waals surface area contributed by atoms with Gasteiger partial charge in [-0.15, -0.1) is 0 Å². The molecule has 4 nitrogen and oxygen atoms in total.